The van der Waals surface area contributed by atoms with Gasteiger partial charge in [-0.2, -0.15) is 8.42 Å². The van der Waals surface area contributed by atoms with Crippen molar-refractivity contribution in [3.8, 4) is 0 Å². The molecule has 1 unspecified atom stereocenters. The van der Waals surface area contributed by atoms with Gasteiger partial charge >= 0.3 is 5.97 Å². The number of nitrogens with two attached hydrogens (primary N) is 1. The van der Waals surface area contributed by atoms with Gasteiger partial charge in [0.25, 0.3) is 15.8 Å². The number of aliphatic carboxylic acids is 1. The Morgan fingerprint density at radius 2 is 1.79 bits per heavy atom. The second kappa shape index (κ2) is 11.4. The Hall–Kier alpha value is -4.04. The van der Waals surface area contributed by atoms with E-state index in [1.807, 2.05) is 6.07 Å². The zero-order valence-corrected chi connectivity index (χ0v) is 21.8. The Balaban J connectivity index is 0.000000212. The minimum Gasteiger partial charge on any atom is -0.477 e. The second-order valence-electron chi connectivity index (χ2n) is 8.60. The van der Waals surface area contributed by atoms with E-state index in [4.69, 9.17) is 10.3 Å². The number of nitrogens with zero attached hydrogens (tertiary/aromatic N) is 2. The van der Waals surface area contributed by atoms with Crippen molar-refractivity contribution in [1.29, 1.82) is 0 Å². The molecule has 4 N–H and O–H groups in total. The summed E-state index contributed by atoms with van der Waals surface area (Å²) >= 11 is 1.44. The number of nitro benzene ring substituents is 1. The number of carboxylic acids is 1. The van der Waals surface area contributed by atoms with E-state index in [2.05, 4.69) is 0 Å². The number of benzene rings is 3. The molecule has 39 heavy (non-hydrogen) atoms. The van der Waals surface area contributed by atoms with Crippen LogP contribution in [-0.4, -0.2) is 56.9 Å². The lowest BCUT2D eigenvalue weighted by atomic mass is 10.0. The third kappa shape index (κ3) is 6.01. The summed E-state index contributed by atoms with van der Waals surface area (Å²) < 4.78 is 31.0. The second-order valence-corrected chi connectivity index (χ2v) is 11.1. The average molecular weight is 570 g/mol. The molecule has 0 bridgehead atoms. The summed E-state index contributed by atoms with van der Waals surface area (Å²) in [5, 5.41) is 21.1. The first-order valence-electron chi connectivity index (χ1n) is 11.5. The Labute approximate surface area is 227 Å². The van der Waals surface area contributed by atoms with Gasteiger partial charge in [-0.1, -0.05) is 60.7 Å². The summed E-state index contributed by atoms with van der Waals surface area (Å²) in [4.78, 5) is 34.8. The number of amides is 1. The standard InChI is InChI=1S/C16H15N3O5S.C10H8O3S/c17-12-14(20)18-13(16(21)22)10(8-25-15(12)18)3-1-2-9-4-6-11(7-5-9)19(23)24;11-14(12,13)10-7-3-5-8-4-1-2-6-9(8)10/h1,3-7,12,15H,2,8,17H2,(H,21,22);1-7H,(H,11,12,13)/t12?,15-;/m0./s1. The predicted octanol–water partition coefficient (Wildman–Crippen LogP) is 3.36. The van der Waals surface area contributed by atoms with E-state index in [0.717, 1.165) is 10.9 Å². The monoisotopic (exact) mass is 569 g/mol. The largest absolute Gasteiger partial charge is 0.477 e. The van der Waals surface area contributed by atoms with Crippen molar-refractivity contribution >= 4 is 50.2 Å². The Morgan fingerprint density at radius 3 is 2.44 bits per heavy atom. The van der Waals surface area contributed by atoms with E-state index in [1.165, 1.54) is 34.9 Å². The zero-order valence-electron chi connectivity index (χ0n) is 20.2. The Bertz CT molecular complexity index is 1610. The molecule has 0 aliphatic carbocycles. The van der Waals surface area contributed by atoms with Gasteiger partial charge in [0.05, 0.1) is 4.92 Å². The lowest BCUT2D eigenvalue weighted by Gasteiger charge is -2.47. The van der Waals surface area contributed by atoms with Crippen molar-refractivity contribution in [3.05, 3.63) is 106 Å². The molecule has 2 heterocycles. The van der Waals surface area contributed by atoms with Gasteiger partial charge in [0.15, 0.2) is 0 Å². The highest BCUT2D eigenvalue weighted by atomic mass is 32.2. The molecule has 0 aromatic heterocycles. The number of hydrogen-bond donors (Lipinski definition) is 3. The topological polar surface area (TPSA) is 181 Å². The first-order chi connectivity index (χ1) is 18.5. The van der Waals surface area contributed by atoms with Crippen LogP contribution in [0, 0.1) is 10.1 Å². The summed E-state index contributed by atoms with van der Waals surface area (Å²) in [6, 6.07) is 17.3. The van der Waals surface area contributed by atoms with Crippen LogP contribution >= 0.6 is 11.8 Å². The molecule has 11 nitrogen and oxygen atoms in total. The normalized spacial score (nSPS) is 18.8. The number of non-ortho nitro benzene ring substituents is 1. The van der Waals surface area contributed by atoms with Gasteiger partial charge in [-0.05, 0) is 29.0 Å². The van der Waals surface area contributed by atoms with Crippen LogP contribution in [0.2, 0.25) is 0 Å². The molecule has 202 valence electrons. The molecule has 5 rings (SSSR count). The number of rotatable bonds is 6. The van der Waals surface area contributed by atoms with Gasteiger partial charge in [0.2, 0.25) is 5.91 Å². The lowest BCUT2D eigenvalue weighted by Crippen LogP contribution is -2.68. The highest BCUT2D eigenvalue weighted by Crippen LogP contribution is 2.39. The molecule has 1 fully saturated rings. The van der Waals surface area contributed by atoms with Gasteiger partial charge < -0.3 is 10.8 Å². The molecule has 2 aliphatic rings. The first-order valence-corrected chi connectivity index (χ1v) is 14.0. The maximum atomic E-state index is 11.8. The Morgan fingerprint density at radius 1 is 1.13 bits per heavy atom. The fraction of sp³-hybridized carbons (Fsp3) is 0.154. The van der Waals surface area contributed by atoms with Crippen LogP contribution in [0.15, 0.2) is 95.0 Å². The van der Waals surface area contributed by atoms with Crippen molar-refractivity contribution in [2.24, 2.45) is 5.73 Å². The molecule has 13 heteroatoms. The molecule has 1 amide bonds. The summed E-state index contributed by atoms with van der Waals surface area (Å²) in [5.74, 6) is -1.07. The number of fused-ring (bicyclic) bond motifs is 2. The summed E-state index contributed by atoms with van der Waals surface area (Å²) in [5.41, 5.74) is 7.12. The first kappa shape index (κ1) is 28.0. The summed E-state index contributed by atoms with van der Waals surface area (Å²) in [6.45, 7) is 0. The number of allylic oxidation sites excluding steroid dienone is 2. The van der Waals surface area contributed by atoms with Crippen LogP contribution in [0.1, 0.15) is 5.56 Å². The van der Waals surface area contributed by atoms with E-state index < -0.39 is 27.1 Å². The number of carbonyl (C=O) groups is 2. The van der Waals surface area contributed by atoms with Gasteiger partial charge in [0.1, 0.15) is 22.0 Å². The fourth-order valence-electron chi connectivity index (χ4n) is 4.18. The minimum absolute atomic E-state index is 0.0181. The van der Waals surface area contributed by atoms with Gasteiger partial charge in [0, 0.05) is 23.3 Å². The highest BCUT2D eigenvalue weighted by Gasteiger charge is 2.51. The quantitative estimate of drug-likeness (QED) is 0.172. The van der Waals surface area contributed by atoms with Crippen LogP contribution in [-0.2, 0) is 26.1 Å². The van der Waals surface area contributed by atoms with Crippen molar-refractivity contribution in [2.75, 3.05) is 5.75 Å². The Kier molecular flexibility index (Phi) is 8.16. The number of carboxylic acid groups (broad SMARTS) is 1. The van der Waals surface area contributed by atoms with Crippen LogP contribution in [0.4, 0.5) is 5.69 Å². The van der Waals surface area contributed by atoms with Crippen LogP contribution < -0.4 is 5.73 Å². The van der Waals surface area contributed by atoms with E-state index in [0.29, 0.717) is 23.1 Å². The van der Waals surface area contributed by atoms with Gasteiger partial charge in [-0.3, -0.25) is 24.4 Å². The number of nitro groups is 1. The summed E-state index contributed by atoms with van der Waals surface area (Å²) in [7, 11) is -4.13. The number of β-lactam (4-membered cyclic amide) rings is 1. The summed E-state index contributed by atoms with van der Waals surface area (Å²) in [6.07, 6.45) is 3.96. The molecule has 3 aromatic carbocycles. The third-order valence-electron chi connectivity index (χ3n) is 6.09. The molecule has 2 atom stereocenters. The fourth-order valence-corrected chi connectivity index (χ4v) is 6.16. The molecular formula is C26H23N3O8S2. The van der Waals surface area contributed by atoms with E-state index in [-0.39, 0.29) is 27.6 Å². The van der Waals surface area contributed by atoms with Crippen molar-refractivity contribution in [2.45, 2.75) is 22.7 Å². The van der Waals surface area contributed by atoms with E-state index >= 15 is 0 Å². The maximum absolute atomic E-state index is 11.8. The molecule has 1 saturated heterocycles. The molecule has 0 spiro atoms. The van der Waals surface area contributed by atoms with E-state index in [1.54, 1.807) is 54.6 Å². The van der Waals surface area contributed by atoms with Crippen LogP contribution in [0.3, 0.4) is 0 Å². The predicted molar refractivity (Wildman–Crippen MR) is 145 cm³/mol. The van der Waals surface area contributed by atoms with Crippen molar-refractivity contribution in [1.82, 2.24) is 4.90 Å². The number of carbonyl (C=O) groups excluding carboxylic acids is 1. The maximum Gasteiger partial charge on any atom is 0.352 e. The molecule has 3 aromatic rings. The van der Waals surface area contributed by atoms with Gasteiger partial charge in [-0.25, -0.2) is 4.79 Å². The number of hydrogen-bond acceptors (Lipinski definition) is 8. The van der Waals surface area contributed by atoms with Crippen LogP contribution in [0.25, 0.3) is 10.8 Å². The van der Waals surface area contributed by atoms with E-state index in [9.17, 15) is 33.2 Å². The van der Waals surface area contributed by atoms with Crippen molar-refractivity contribution in [3.63, 3.8) is 0 Å². The van der Waals surface area contributed by atoms with Crippen molar-refractivity contribution < 1.29 is 32.6 Å². The molecular weight excluding hydrogens is 546 g/mol. The number of thioether (sulfide) groups is 1. The third-order valence-corrected chi connectivity index (χ3v) is 8.32. The molecule has 0 radical (unpaired) electrons. The molecule has 2 aliphatic heterocycles. The lowest BCUT2D eigenvalue weighted by molar-refractivity contribution is -0.384. The average Bonchev–Trinajstić information content (AvgIpc) is 2.92. The van der Waals surface area contributed by atoms with Crippen LogP contribution in [0.5, 0.6) is 0 Å². The van der Waals surface area contributed by atoms with Gasteiger partial charge in [-0.15, -0.1) is 11.8 Å². The SMILES string of the molecule is NC1C(=O)N2C(C(=O)O)=C(C=CCc3ccc([N+](=O)[O-])cc3)CS[C@@H]12.O=S(=O)(O)c1cccc2ccccc12. The minimum atomic E-state index is -4.13. The zero-order chi connectivity index (χ0) is 28.3. The smallest absolute Gasteiger partial charge is 0.352 e. The highest BCUT2D eigenvalue weighted by molar-refractivity contribution is 8.00. The molecule has 0 saturated carbocycles.